The Kier molecular flexibility index (Phi) is 5.86. The molecule has 7 heteroatoms. The van der Waals surface area contributed by atoms with Crippen molar-refractivity contribution in [2.24, 2.45) is 0 Å². The van der Waals surface area contributed by atoms with Gasteiger partial charge in [0.25, 0.3) is 5.91 Å². The standard InChI is InChI=1S/C19H19ClFN3OS/c1-23(2)9-4-10-24(18(25)13-5-3-6-15(21)11-13)19-22-16-8-7-14(20)12-17(16)26-19/h3,5-8,11-12H,4,9-10H2,1-2H3. The van der Waals surface area contributed by atoms with Crippen molar-refractivity contribution in [3.63, 3.8) is 0 Å². The van der Waals surface area contributed by atoms with Gasteiger partial charge in [-0.2, -0.15) is 0 Å². The normalized spacial score (nSPS) is 11.3. The monoisotopic (exact) mass is 391 g/mol. The van der Waals surface area contributed by atoms with Gasteiger partial charge in [0.1, 0.15) is 5.82 Å². The molecule has 1 amide bonds. The molecule has 0 atom stereocenters. The van der Waals surface area contributed by atoms with Crippen LogP contribution in [0, 0.1) is 5.82 Å². The number of rotatable bonds is 6. The number of halogens is 2. The van der Waals surface area contributed by atoms with Crippen molar-refractivity contribution >= 4 is 44.2 Å². The van der Waals surface area contributed by atoms with E-state index in [1.807, 2.05) is 26.2 Å². The Hall–Kier alpha value is -2.02. The number of benzene rings is 2. The first-order valence-corrected chi connectivity index (χ1v) is 9.42. The first-order chi connectivity index (χ1) is 12.4. The van der Waals surface area contributed by atoms with Gasteiger partial charge < -0.3 is 4.90 Å². The zero-order valence-electron chi connectivity index (χ0n) is 14.6. The SMILES string of the molecule is CN(C)CCCN(C(=O)c1cccc(F)c1)c1nc2ccc(Cl)cc2s1. The van der Waals surface area contributed by atoms with E-state index in [0.29, 0.717) is 22.3 Å². The molecule has 1 aromatic heterocycles. The number of carbonyl (C=O) groups is 1. The van der Waals surface area contributed by atoms with Gasteiger partial charge in [0.15, 0.2) is 5.13 Å². The van der Waals surface area contributed by atoms with Gasteiger partial charge >= 0.3 is 0 Å². The molecule has 0 aliphatic heterocycles. The van der Waals surface area contributed by atoms with Crippen molar-refractivity contribution < 1.29 is 9.18 Å². The molecule has 0 fully saturated rings. The first-order valence-electron chi connectivity index (χ1n) is 8.22. The summed E-state index contributed by atoms with van der Waals surface area (Å²) in [7, 11) is 3.97. The minimum absolute atomic E-state index is 0.256. The van der Waals surface area contributed by atoms with E-state index in [1.165, 1.54) is 23.5 Å². The molecule has 2 aromatic carbocycles. The van der Waals surface area contributed by atoms with Crippen LogP contribution in [-0.4, -0.2) is 43.0 Å². The first kappa shape index (κ1) is 18.8. The molecular weight excluding hydrogens is 373 g/mol. The number of anilines is 1. The minimum atomic E-state index is -0.430. The summed E-state index contributed by atoms with van der Waals surface area (Å²) < 4.78 is 14.5. The second-order valence-electron chi connectivity index (χ2n) is 6.23. The van der Waals surface area contributed by atoms with Gasteiger partial charge in [0.2, 0.25) is 0 Å². The van der Waals surface area contributed by atoms with E-state index in [4.69, 9.17) is 11.6 Å². The highest BCUT2D eigenvalue weighted by molar-refractivity contribution is 7.22. The molecule has 0 saturated carbocycles. The van der Waals surface area contributed by atoms with Gasteiger partial charge in [-0.3, -0.25) is 9.69 Å². The van der Waals surface area contributed by atoms with Gasteiger partial charge in [-0.25, -0.2) is 9.37 Å². The molecular formula is C19H19ClFN3OS. The van der Waals surface area contributed by atoms with Crippen LogP contribution in [0.2, 0.25) is 5.02 Å². The van der Waals surface area contributed by atoms with E-state index in [-0.39, 0.29) is 5.91 Å². The zero-order valence-corrected chi connectivity index (χ0v) is 16.1. The van der Waals surface area contributed by atoms with E-state index in [9.17, 15) is 9.18 Å². The number of thiazole rings is 1. The highest BCUT2D eigenvalue weighted by Crippen LogP contribution is 2.31. The molecule has 4 nitrogen and oxygen atoms in total. The summed E-state index contributed by atoms with van der Waals surface area (Å²) in [4.78, 5) is 21.3. The second-order valence-corrected chi connectivity index (χ2v) is 7.68. The Balaban J connectivity index is 1.94. The summed E-state index contributed by atoms with van der Waals surface area (Å²) in [5.41, 5.74) is 1.10. The average Bonchev–Trinajstić information content (AvgIpc) is 3.00. The molecule has 0 radical (unpaired) electrons. The molecule has 0 spiro atoms. The van der Waals surface area contributed by atoms with Crippen molar-refractivity contribution in [1.82, 2.24) is 9.88 Å². The maximum Gasteiger partial charge on any atom is 0.260 e. The molecule has 0 bridgehead atoms. The fourth-order valence-corrected chi connectivity index (χ4v) is 3.87. The van der Waals surface area contributed by atoms with Crippen LogP contribution in [0.15, 0.2) is 42.5 Å². The number of fused-ring (bicyclic) bond motifs is 1. The fourth-order valence-electron chi connectivity index (χ4n) is 2.61. The third kappa shape index (κ3) is 4.38. The molecule has 0 N–H and O–H groups in total. The van der Waals surface area contributed by atoms with Crippen molar-refractivity contribution in [1.29, 1.82) is 0 Å². The van der Waals surface area contributed by atoms with Crippen LogP contribution < -0.4 is 4.90 Å². The predicted molar refractivity (Wildman–Crippen MR) is 106 cm³/mol. The Morgan fingerprint density at radius 3 is 2.73 bits per heavy atom. The third-order valence-electron chi connectivity index (χ3n) is 3.87. The van der Waals surface area contributed by atoms with Gasteiger partial charge in [0.05, 0.1) is 10.2 Å². The number of hydrogen-bond acceptors (Lipinski definition) is 4. The lowest BCUT2D eigenvalue weighted by atomic mass is 10.2. The molecule has 1 heterocycles. The Morgan fingerprint density at radius 2 is 2.00 bits per heavy atom. The summed E-state index contributed by atoms with van der Waals surface area (Å²) in [6.07, 6.45) is 0.782. The van der Waals surface area contributed by atoms with Crippen LogP contribution in [-0.2, 0) is 0 Å². The molecule has 0 aliphatic carbocycles. The highest BCUT2D eigenvalue weighted by atomic mass is 35.5. The van der Waals surface area contributed by atoms with Gasteiger partial charge in [0, 0.05) is 17.1 Å². The number of hydrogen-bond donors (Lipinski definition) is 0. The van der Waals surface area contributed by atoms with E-state index < -0.39 is 5.82 Å². The highest BCUT2D eigenvalue weighted by Gasteiger charge is 2.21. The molecule has 0 saturated heterocycles. The average molecular weight is 392 g/mol. The molecule has 26 heavy (non-hydrogen) atoms. The fraction of sp³-hybridized carbons (Fsp3) is 0.263. The molecule has 3 rings (SSSR count). The van der Waals surface area contributed by atoms with Crippen molar-refractivity contribution in [3.05, 3.63) is 58.9 Å². The lowest BCUT2D eigenvalue weighted by Crippen LogP contribution is -2.33. The van der Waals surface area contributed by atoms with E-state index >= 15 is 0 Å². The Labute approximate surface area is 160 Å². The van der Waals surface area contributed by atoms with E-state index in [1.54, 1.807) is 23.1 Å². The third-order valence-corrected chi connectivity index (χ3v) is 5.15. The van der Waals surface area contributed by atoms with Crippen LogP contribution in [0.3, 0.4) is 0 Å². The van der Waals surface area contributed by atoms with Crippen molar-refractivity contribution in [3.8, 4) is 0 Å². The van der Waals surface area contributed by atoms with Crippen LogP contribution >= 0.6 is 22.9 Å². The summed E-state index contributed by atoms with van der Waals surface area (Å²) in [5, 5.41) is 1.22. The van der Waals surface area contributed by atoms with Crippen molar-refractivity contribution in [2.75, 3.05) is 32.1 Å². The van der Waals surface area contributed by atoms with Crippen LogP contribution in [0.1, 0.15) is 16.8 Å². The topological polar surface area (TPSA) is 36.4 Å². The maximum atomic E-state index is 13.6. The predicted octanol–water partition coefficient (Wildman–Crippen LogP) is 4.69. The van der Waals surface area contributed by atoms with Gasteiger partial charge in [-0.1, -0.05) is 29.0 Å². The number of amides is 1. The smallest absolute Gasteiger partial charge is 0.260 e. The summed E-state index contributed by atoms with van der Waals surface area (Å²) >= 11 is 7.46. The molecule has 0 unspecified atom stereocenters. The summed E-state index contributed by atoms with van der Waals surface area (Å²) in [6, 6.07) is 11.2. The van der Waals surface area contributed by atoms with Gasteiger partial charge in [-0.15, -0.1) is 0 Å². The quantitative estimate of drug-likeness (QED) is 0.611. The number of nitrogens with zero attached hydrogens (tertiary/aromatic N) is 3. The molecule has 136 valence electrons. The lowest BCUT2D eigenvalue weighted by molar-refractivity contribution is 0.0985. The number of aromatic nitrogens is 1. The van der Waals surface area contributed by atoms with Crippen LogP contribution in [0.4, 0.5) is 9.52 Å². The number of carbonyl (C=O) groups excluding carboxylic acids is 1. The van der Waals surface area contributed by atoms with Crippen LogP contribution in [0.5, 0.6) is 0 Å². The molecule has 3 aromatic rings. The lowest BCUT2D eigenvalue weighted by Gasteiger charge is -2.21. The van der Waals surface area contributed by atoms with Crippen molar-refractivity contribution in [2.45, 2.75) is 6.42 Å². The minimum Gasteiger partial charge on any atom is -0.309 e. The van der Waals surface area contributed by atoms with Gasteiger partial charge in [-0.05, 0) is 63.5 Å². The summed E-state index contributed by atoms with van der Waals surface area (Å²) in [5.74, 6) is -0.686. The van der Waals surface area contributed by atoms with E-state index in [2.05, 4.69) is 9.88 Å². The zero-order chi connectivity index (χ0) is 18.7. The largest absolute Gasteiger partial charge is 0.309 e. The van der Waals surface area contributed by atoms with E-state index in [0.717, 1.165) is 23.2 Å². The molecule has 0 aliphatic rings. The maximum absolute atomic E-state index is 13.6. The van der Waals surface area contributed by atoms with Crippen LogP contribution in [0.25, 0.3) is 10.2 Å². The Bertz CT molecular complexity index is 928. The summed E-state index contributed by atoms with van der Waals surface area (Å²) in [6.45, 7) is 1.34. The Morgan fingerprint density at radius 1 is 1.19 bits per heavy atom. The second kappa shape index (κ2) is 8.12.